The molecule has 2 aromatic heterocycles. The van der Waals surface area contributed by atoms with E-state index in [1.54, 1.807) is 29.1 Å². The van der Waals surface area contributed by atoms with Crippen LogP contribution in [0.1, 0.15) is 16.9 Å². The number of furan rings is 1. The number of carbonyl (C=O) groups excluding carboxylic acids is 1. The number of nitrogens with zero attached hydrogens (tertiary/aromatic N) is 3. The quantitative estimate of drug-likeness (QED) is 0.170. The van der Waals surface area contributed by atoms with E-state index in [0.29, 0.717) is 34.4 Å². The predicted octanol–water partition coefficient (Wildman–Crippen LogP) is 6.59. The van der Waals surface area contributed by atoms with Gasteiger partial charge >= 0.3 is 0 Å². The van der Waals surface area contributed by atoms with Gasteiger partial charge in [-0.25, -0.2) is 4.68 Å². The van der Waals surface area contributed by atoms with Gasteiger partial charge in [-0.15, -0.1) is 0 Å². The first kappa shape index (κ1) is 25.6. The zero-order valence-corrected chi connectivity index (χ0v) is 21.5. The third kappa shape index (κ3) is 6.45. The maximum atomic E-state index is 12.8. The topological polar surface area (TPSA) is 93.1 Å². The van der Waals surface area contributed by atoms with Crippen LogP contribution in [0, 0.1) is 11.3 Å². The van der Waals surface area contributed by atoms with Crippen molar-refractivity contribution in [2.24, 2.45) is 0 Å². The van der Waals surface area contributed by atoms with Gasteiger partial charge in [0.1, 0.15) is 29.8 Å². The molecule has 0 fully saturated rings. The molecule has 3 aromatic carbocycles. The fourth-order valence-corrected chi connectivity index (χ4v) is 3.99. The molecule has 1 amide bonds. The molecular formula is C31H23ClN4O3. The normalized spacial score (nSPS) is 11.1. The lowest BCUT2D eigenvalue weighted by atomic mass is 10.1. The molecule has 5 aromatic rings. The van der Waals surface area contributed by atoms with Crippen LogP contribution in [0.4, 0.5) is 0 Å². The van der Waals surface area contributed by atoms with Crippen molar-refractivity contribution >= 4 is 23.6 Å². The molecule has 8 heteroatoms. The van der Waals surface area contributed by atoms with Gasteiger partial charge in [0.15, 0.2) is 0 Å². The van der Waals surface area contributed by atoms with Crippen LogP contribution in [0.3, 0.4) is 0 Å². The van der Waals surface area contributed by atoms with Crippen LogP contribution in [0.15, 0.2) is 113 Å². The van der Waals surface area contributed by atoms with Gasteiger partial charge in [0.25, 0.3) is 5.91 Å². The summed E-state index contributed by atoms with van der Waals surface area (Å²) >= 11 is 5.96. The van der Waals surface area contributed by atoms with E-state index in [4.69, 9.17) is 25.9 Å². The first-order valence-corrected chi connectivity index (χ1v) is 12.5. The lowest BCUT2D eigenvalue weighted by molar-refractivity contribution is -0.117. The molecule has 0 aliphatic heterocycles. The zero-order chi connectivity index (χ0) is 27.0. The molecule has 0 aliphatic carbocycles. The molecule has 5 rings (SSSR count). The van der Waals surface area contributed by atoms with Crippen molar-refractivity contribution in [3.05, 3.63) is 131 Å². The molecular weight excluding hydrogens is 512 g/mol. The molecule has 0 saturated heterocycles. The Balaban J connectivity index is 1.41. The van der Waals surface area contributed by atoms with E-state index in [9.17, 15) is 10.1 Å². The second kappa shape index (κ2) is 12.0. The highest BCUT2D eigenvalue weighted by atomic mass is 35.5. The highest BCUT2D eigenvalue weighted by Gasteiger charge is 2.16. The average molecular weight is 535 g/mol. The number of carbonyl (C=O) groups is 1. The smallest absolute Gasteiger partial charge is 0.262 e. The second-order valence-corrected chi connectivity index (χ2v) is 9.02. The predicted molar refractivity (Wildman–Crippen MR) is 149 cm³/mol. The standard InChI is InChI=1S/C31H23ClN4O3/c32-26-12-8-22(9-13-26)21-39-28-14-10-23(11-15-28)30-25(20-36(35-30)27-5-2-1-3-6-27)17-24(18-33)31(37)34-19-29-7-4-16-38-29/h1-17,20H,19,21H2,(H,34,37). The van der Waals surface area contributed by atoms with Crippen molar-refractivity contribution in [1.82, 2.24) is 15.1 Å². The molecule has 0 aliphatic rings. The van der Waals surface area contributed by atoms with Crippen molar-refractivity contribution in [2.45, 2.75) is 13.2 Å². The van der Waals surface area contributed by atoms with E-state index in [0.717, 1.165) is 16.8 Å². The van der Waals surface area contributed by atoms with Gasteiger partial charge in [-0.1, -0.05) is 41.9 Å². The highest BCUT2D eigenvalue weighted by molar-refractivity contribution is 6.30. The van der Waals surface area contributed by atoms with Crippen LogP contribution in [-0.4, -0.2) is 15.7 Å². The molecule has 39 heavy (non-hydrogen) atoms. The Morgan fingerprint density at radius 2 is 1.79 bits per heavy atom. The number of amides is 1. The lowest BCUT2D eigenvalue weighted by Crippen LogP contribution is -2.23. The van der Waals surface area contributed by atoms with E-state index in [-0.39, 0.29) is 12.1 Å². The minimum atomic E-state index is -0.502. The number of ether oxygens (including phenoxy) is 1. The average Bonchev–Trinajstić information content (AvgIpc) is 3.65. The van der Waals surface area contributed by atoms with Crippen LogP contribution in [0.25, 0.3) is 23.0 Å². The monoisotopic (exact) mass is 534 g/mol. The summed E-state index contributed by atoms with van der Waals surface area (Å²) in [6.07, 6.45) is 4.87. The molecule has 0 atom stereocenters. The minimum absolute atomic E-state index is 0.0432. The Labute approximate surface area is 230 Å². The Kier molecular flexibility index (Phi) is 7.87. The van der Waals surface area contributed by atoms with Crippen molar-refractivity contribution in [1.29, 1.82) is 5.26 Å². The Bertz CT molecular complexity index is 1620. The van der Waals surface area contributed by atoms with Gasteiger partial charge in [0, 0.05) is 22.3 Å². The Morgan fingerprint density at radius 1 is 1.03 bits per heavy atom. The van der Waals surface area contributed by atoms with Gasteiger partial charge in [-0.05, 0) is 72.3 Å². The van der Waals surface area contributed by atoms with Crippen molar-refractivity contribution in [3.8, 4) is 28.8 Å². The largest absolute Gasteiger partial charge is 0.489 e. The van der Waals surface area contributed by atoms with Gasteiger partial charge in [-0.2, -0.15) is 10.4 Å². The van der Waals surface area contributed by atoms with Crippen molar-refractivity contribution in [2.75, 3.05) is 0 Å². The van der Waals surface area contributed by atoms with Crippen LogP contribution in [0.5, 0.6) is 5.75 Å². The van der Waals surface area contributed by atoms with Crippen LogP contribution in [0.2, 0.25) is 5.02 Å². The van der Waals surface area contributed by atoms with Gasteiger partial charge in [0.05, 0.1) is 24.2 Å². The summed E-state index contributed by atoms with van der Waals surface area (Å²) in [4.78, 5) is 12.8. The SMILES string of the molecule is N#CC(=Cc1cn(-c2ccccc2)nc1-c1ccc(OCc2ccc(Cl)cc2)cc1)C(=O)NCc1ccco1. The van der Waals surface area contributed by atoms with Gasteiger partial charge in [0.2, 0.25) is 0 Å². The number of nitriles is 1. The van der Waals surface area contributed by atoms with Gasteiger partial charge < -0.3 is 14.5 Å². The molecule has 1 N–H and O–H groups in total. The second-order valence-electron chi connectivity index (χ2n) is 8.58. The number of nitrogens with one attached hydrogen (secondary N) is 1. The molecule has 0 saturated carbocycles. The number of hydrogen-bond acceptors (Lipinski definition) is 5. The maximum Gasteiger partial charge on any atom is 0.262 e. The summed E-state index contributed by atoms with van der Waals surface area (Å²) in [5.41, 5.74) is 3.86. The molecule has 7 nitrogen and oxygen atoms in total. The third-order valence-corrected chi connectivity index (χ3v) is 6.13. The van der Waals surface area contributed by atoms with Crippen LogP contribution < -0.4 is 10.1 Å². The molecule has 2 heterocycles. The molecule has 0 radical (unpaired) electrons. The molecule has 192 valence electrons. The van der Waals surface area contributed by atoms with Crippen LogP contribution >= 0.6 is 11.6 Å². The van der Waals surface area contributed by atoms with E-state index >= 15 is 0 Å². The first-order valence-electron chi connectivity index (χ1n) is 12.1. The summed E-state index contributed by atoms with van der Waals surface area (Å²) in [5, 5.41) is 17.9. The molecule has 0 bridgehead atoms. The summed E-state index contributed by atoms with van der Waals surface area (Å²) < 4.78 is 12.9. The number of benzene rings is 3. The van der Waals surface area contributed by atoms with Crippen molar-refractivity contribution < 1.29 is 13.9 Å². The third-order valence-electron chi connectivity index (χ3n) is 5.88. The Hall–Kier alpha value is -5.06. The van der Waals surface area contributed by atoms with E-state index in [1.807, 2.05) is 84.9 Å². The number of aromatic nitrogens is 2. The molecule has 0 unspecified atom stereocenters. The minimum Gasteiger partial charge on any atom is -0.489 e. The maximum absolute atomic E-state index is 12.8. The number of rotatable bonds is 9. The van der Waals surface area contributed by atoms with E-state index in [1.165, 1.54) is 6.26 Å². The highest BCUT2D eigenvalue weighted by Crippen LogP contribution is 2.28. The number of hydrogen-bond donors (Lipinski definition) is 1. The number of para-hydroxylation sites is 1. The number of halogens is 1. The summed E-state index contributed by atoms with van der Waals surface area (Å²) in [5.74, 6) is 0.790. The van der Waals surface area contributed by atoms with Crippen molar-refractivity contribution in [3.63, 3.8) is 0 Å². The summed E-state index contributed by atoms with van der Waals surface area (Å²) in [6, 6.07) is 30.1. The van der Waals surface area contributed by atoms with E-state index in [2.05, 4.69) is 5.32 Å². The lowest BCUT2D eigenvalue weighted by Gasteiger charge is -2.07. The summed E-state index contributed by atoms with van der Waals surface area (Å²) in [7, 11) is 0. The zero-order valence-electron chi connectivity index (χ0n) is 20.8. The van der Waals surface area contributed by atoms with Crippen LogP contribution in [-0.2, 0) is 17.9 Å². The van der Waals surface area contributed by atoms with E-state index < -0.39 is 5.91 Å². The molecule has 0 spiro atoms. The first-order chi connectivity index (χ1) is 19.1. The van der Waals surface area contributed by atoms with Gasteiger partial charge in [-0.3, -0.25) is 4.79 Å². The fourth-order valence-electron chi connectivity index (χ4n) is 3.87. The summed E-state index contributed by atoms with van der Waals surface area (Å²) in [6.45, 7) is 0.588. The fraction of sp³-hybridized carbons (Fsp3) is 0.0645. The Morgan fingerprint density at radius 3 is 2.49 bits per heavy atom.